The lowest BCUT2D eigenvalue weighted by molar-refractivity contribution is 0.369. The van der Waals surface area contributed by atoms with Crippen molar-refractivity contribution in [2.45, 2.75) is 46.1 Å². The highest BCUT2D eigenvalue weighted by molar-refractivity contribution is 14.0. The molecule has 0 bridgehead atoms. The van der Waals surface area contributed by atoms with Crippen LogP contribution in [-0.2, 0) is 13.0 Å². The highest BCUT2D eigenvalue weighted by atomic mass is 127. The normalized spacial score (nSPS) is 11.5. The second kappa shape index (κ2) is 12.4. The summed E-state index contributed by atoms with van der Waals surface area (Å²) >= 11 is 0. The van der Waals surface area contributed by atoms with E-state index in [0.29, 0.717) is 19.0 Å². The van der Waals surface area contributed by atoms with Gasteiger partial charge in [-0.2, -0.15) is 4.98 Å². The van der Waals surface area contributed by atoms with Crippen molar-refractivity contribution in [1.29, 1.82) is 0 Å². The highest BCUT2D eigenvalue weighted by Gasteiger charge is 2.11. The number of guanidine groups is 1. The van der Waals surface area contributed by atoms with Crippen LogP contribution in [0.25, 0.3) is 11.3 Å². The van der Waals surface area contributed by atoms with E-state index >= 15 is 0 Å². The van der Waals surface area contributed by atoms with E-state index in [1.54, 1.807) is 0 Å². The van der Waals surface area contributed by atoms with E-state index in [1.807, 2.05) is 31.4 Å². The smallest absolute Gasteiger partial charge is 0.226 e. The van der Waals surface area contributed by atoms with Crippen LogP contribution in [0.2, 0.25) is 0 Å². The summed E-state index contributed by atoms with van der Waals surface area (Å²) < 4.78 is 5.30. The Bertz CT molecular complexity index is 936. The van der Waals surface area contributed by atoms with E-state index in [-0.39, 0.29) is 29.9 Å². The molecule has 2 aromatic heterocycles. The number of rotatable bonds is 9. The number of imidazole rings is 1. The van der Waals surface area contributed by atoms with E-state index in [4.69, 9.17) is 9.52 Å². The number of aryl methyl sites for hydroxylation is 1. The zero-order valence-electron chi connectivity index (χ0n) is 18.6. The SMILES string of the molecule is CCNC(=NCCCc1nc(C(C)C)no1)N(C)Cc1ncc(-c2ccccc2)[nH]1.I. The van der Waals surface area contributed by atoms with Crippen molar-refractivity contribution >= 4 is 29.9 Å². The van der Waals surface area contributed by atoms with Crippen LogP contribution in [0.3, 0.4) is 0 Å². The summed E-state index contributed by atoms with van der Waals surface area (Å²) in [7, 11) is 2.01. The molecule has 3 rings (SSSR count). The van der Waals surface area contributed by atoms with Crippen molar-refractivity contribution in [3.05, 3.63) is 54.1 Å². The third kappa shape index (κ3) is 7.34. The van der Waals surface area contributed by atoms with Crippen molar-refractivity contribution in [1.82, 2.24) is 30.3 Å². The van der Waals surface area contributed by atoms with Crippen LogP contribution in [0, 0.1) is 0 Å². The van der Waals surface area contributed by atoms with Gasteiger partial charge < -0.3 is 19.7 Å². The van der Waals surface area contributed by atoms with Gasteiger partial charge in [0.15, 0.2) is 11.8 Å². The molecule has 0 fully saturated rings. The molecule has 2 N–H and O–H groups in total. The molecule has 1 aromatic carbocycles. The molecule has 9 heteroatoms. The Morgan fingerprint density at radius 3 is 2.71 bits per heavy atom. The Balaban J connectivity index is 0.00000341. The maximum atomic E-state index is 5.30. The highest BCUT2D eigenvalue weighted by Crippen LogP contribution is 2.16. The number of benzene rings is 1. The topological polar surface area (TPSA) is 95.2 Å². The number of aliphatic imine (C=N–C) groups is 1. The van der Waals surface area contributed by atoms with E-state index in [2.05, 4.69) is 63.2 Å². The van der Waals surface area contributed by atoms with E-state index < -0.39 is 0 Å². The van der Waals surface area contributed by atoms with E-state index in [1.165, 1.54) is 0 Å². The van der Waals surface area contributed by atoms with Gasteiger partial charge in [-0.3, -0.25) is 4.99 Å². The summed E-state index contributed by atoms with van der Waals surface area (Å²) in [5.41, 5.74) is 2.14. The van der Waals surface area contributed by atoms with Gasteiger partial charge in [0.1, 0.15) is 5.82 Å². The standard InChI is InChI=1S/C22H31N7O.HI/c1-5-23-22(24-13-9-12-20-27-21(16(2)3)28-30-20)29(4)15-19-25-14-18(26-19)17-10-7-6-8-11-17;/h6-8,10-11,14,16H,5,9,12-13,15H2,1-4H3,(H,23,24)(H,25,26);1H. The summed E-state index contributed by atoms with van der Waals surface area (Å²) in [6.07, 6.45) is 3.45. The maximum absolute atomic E-state index is 5.30. The summed E-state index contributed by atoms with van der Waals surface area (Å²) in [5.74, 6) is 3.46. The molecule has 0 spiro atoms. The van der Waals surface area contributed by atoms with Crippen LogP contribution >= 0.6 is 24.0 Å². The van der Waals surface area contributed by atoms with Crippen molar-refractivity contribution in [3.63, 3.8) is 0 Å². The first kappa shape index (κ1) is 24.8. The summed E-state index contributed by atoms with van der Waals surface area (Å²) in [6, 6.07) is 10.2. The van der Waals surface area contributed by atoms with Gasteiger partial charge in [-0.1, -0.05) is 49.3 Å². The van der Waals surface area contributed by atoms with Crippen molar-refractivity contribution in [2.75, 3.05) is 20.1 Å². The molecular formula is C22H32IN7O. The molecule has 3 aromatic rings. The number of nitrogens with one attached hydrogen (secondary N) is 2. The molecule has 0 aliphatic carbocycles. The minimum absolute atomic E-state index is 0. The van der Waals surface area contributed by atoms with E-state index in [0.717, 1.165) is 48.3 Å². The Hall–Kier alpha value is -2.43. The molecule has 31 heavy (non-hydrogen) atoms. The molecule has 0 aliphatic heterocycles. The summed E-state index contributed by atoms with van der Waals surface area (Å²) in [4.78, 5) is 19.1. The van der Waals surface area contributed by atoms with Crippen LogP contribution < -0.4 is 5.32 Å². The molecule has 0 saturated carbocycles. The van der Waals surface area contributed by atoms with Crippen molar-refractivity contribution < 1.29 is 4.52 Å². The lowest BCUT2D eigenvalue weighted by Crippen LogP contribution is -2.38. The quantitative estimate of drug-likeness (QED) is 0.184. The molecule has 0 amide bonds. The largest absolute Gasteiger partial charge is 0.357 e. The predicted octanol–water partition coefficient (Wildman–Crippen LogP) is 4.23. The molecular weight excluding hydrogens is 505 g/mol. The predicted molar refractivity (Wildman–Crippen MR) is 134 cm³/mol. The fourth-order valence-electron chi connectivity index (χ4n) is 3.00. The Kier molecular flexibility index (Phi) is 9.96. The Labute approximate surface area is 201 Å². The zero-order chi connectivity index (χ0) is 21.3. The van der Waals surface area contributed by atoms with Gasteiger partial charge in [-0.15, -0.1) is 24.0 Å². The monoisotopic (exact) mass is 537 g/mol. The minimum atomic E-state index is 0. The Morgan fingerprint density at radius 1 is 1.26 bits per heavy atom. The Morgan fingerprint density at radius 2 is 2.03 bits per heavy atom. The third-order valence-electron chi connectivity index (χ3n) is 4.61. The number of halogens is 1. The van der Waals surface area contributed by atoms with Crippen LogP contribution in [0.1, 0.15) is 50.6 Å². The number of aromatic amines is 1. The minimum Gasteiger partial charge on any atom is -0.357 e. The lowest BCUT2D eigenvalue weighted by atomic mass is 10.2. The van der Waals surface area contributed by atoms with Crippen LogP contribution in [0.15, 0.2) is 46.0 Å². The fourth-order valence-corrected chi connectivity index (χ4v) is 3.00. The molecule has 0 unspecified atom stereocenters. The molecule has 2 heterocycles. The second-order valence-corrected chi connectivity index (χ2v) is 7.51. The van der Waals surface area contributed by atoms with Gasteiger partial charge >= 0.3 is 0 Å². The lowest BCUT2D eigenvalue weighted by Gasteiger charge is -2.21. The summed E-state index contributed by atoms with van der Waals surface area (Å²) in [6.45, 7) is 8.30. The molecule has 0 radical (unpaired) electrons. The maximum Gasteiger partial charge on any atom is 0.226 e. The number of hydrogen-bond donors (Lipinski definition) is 2. The summed E-state index contributed by atoms with van der Waals surface area (Å²) in [5, 5.41) is 7.35. The average Bonchev–Trinajstić information content (AvgIpc) is 3.41. The van der Waals surface area contributed by atoms with Gasteiger partial charge in [0.2, 0.25) is 5.89 Å². The van der Waals surface area contributed by atoms with Gasteiger partial charge in [0.05, 0.1) is 18.4 Å². The number of nitrogens with zero attached hydrogens (tertiary/aromatic N) is 5. The molecule has 0 atom stereocenters. The first-order chi connectivity index (χ1) is 14.6. The number of H-pyrrole nitrogens is 1. The van der Waals surface area contributed by atoms with E-state index in [9.17, 15) is 0 Å². The van der Waals surface area contributed by atoms with Gasteiger partial charge in [-0.05, 0) is 18.9 Å². The zero-order valence-corrected chi connectivity index (χ0v) is 21.0. The molecule has 168 valence electrons. The fraction of sp³-hybridized carbons (Fsp3) is 0.455. The first-order valence-corrected chi connectivity index (χ1v) is 10.5. The van der Waals surface area contributed by atoms with Crippen molar-refractivity contribution in [2.24, 2.45) is 4.99 Å². The van der Waals surface area contributed by atoms with Gasteiger partial charge in [0.25, 0.3) is 0 Å². The second-order valence-electron chi connectivity index (χ2n) is 7.51. The van der Waals surface area contributed by atoms with Gasteiger partial charge in [-0.25, -0.2) is 4.98 Å². The molecule has 0 aliphatic rings. The third-order valence-corrected chi connectivity index (χ3v) is 4.61. The average molecular weight is 537 g/mol. The molecule has 0 saturated heterocycles. The van der Waals surface area contributed by atoms with Crippen molar-refractivity contribution in [3.8, 4) is 11.3 Å². The number of aromatic nitrogens is 4. The van der Waals surface area contributed by atoms with Crippen LogP contribution in [-0.4, -0.2) is 51.1 Å². The van der Waals surface area contributed by atoms with Gasteiger partial charge in [0, 0.05) is 32.5 Å². The van der Waals surface area contributed by atoms with Crippen LogP contribution in [0.5, 0.6) is 0 Å². The van der Waals surface area contributed by atoms with Crippen LogP contribution in [0.4, 0.5) is 0 Å². The first-order valence-electron chi connectivity index (χ1n) is 10.5. The number of hydrogen-bond acceptors (Lipinski definition) is 5. The molecule has 8 nitrogen and oxygen atoms in total.